The molecule has 3 unspecified atom stereocenters. The minimum atomic E-state index is 0.348. The first-order valence-corrected chi connectivity index (χ1v) is 7.64. The van der Waals surface area contributed by atoms with Crippen LogP contribution in [0.15, 0.2) is 0 Å². The normalized spacial score (nSPS) is 39.8. The summed E-state index contributed by atoms with van der Waals surface area (Å²) in [6.07, 6.45) is 6.06. The van der Waals surface area contributed by atoms with Crippen molar-refractivity contribution in [3.8, 4) is 0 Å². The predicted octanol–water partition coefficient (Wildman–Crippen LogP) is 1.87. The Kier molecular flexibility index (Phi) is 3.41. The molecule has 1 saturated heterocycles. The van der Waals surface area contributed by atoms with Gasteiger partial charge in [0, 0.05) is 38.3 Å². The van der Waals surface area contributed by atoms with E-state index in [4.69, 9.17) is 4.74 Å². The van der Waals surface area contributed by atoms with E-state index >= 15 is 0 Å². The number of methoxy groups -OCH3 is 1. The molecule has 0 spiro atoms. The van der Waals surface area contributed by atoms with Crippen molar-refractivity contribution < 1.29 is 4.74 Å². The fourth-order valence-electron chi connectivity index (χ4n) is 3.55. The van der Waals surface area contributed by atoms with Gasteiger partial charge < -0.3 is 10.1 Å². The zero-order valence-corrected chi connectivity index (χ0v) is 12.1. The zero-order valence-electron chi connectivity index (χ0n) is 12.1. The van der Waals surface area contributed by atoms with Crippen LogP contribution in [-0.4, -0.2) is 49.3 Å². The Morgan fingerprint density at radius 1 is 1.33 bits per heavy atom. The summed E-state index contributed by atoms with van der Waals surface area (Å²) >= 11 is 0. The Labute approximate surface area is 111 Å². The van der Waals surface area contributed by atoms with Gasteiger partial charge >= 0.3 is 0 Å². The topological polar surface area (TPSA) is 24.5 Å². The van der Waals surface area contributed by atoms with E-state index in [1.54, 1.807) is 0 Å². The van der Waals surface area contributed by atoms with Gasteiger partial charge in [-0.15, -0.1) is 0 Å². The van der Waals surface area contributed by atoms with E-state index in [2.05, 4.69) is 24.1 Å². The first-order valence-electron chi connectivity index (χ1n) is 7.64. The van der Waals surface area contributed by atoms with Crippen molar-refractivity contribution in [2.45, 2.75) is 57.2 Å². The summed E-state index contributed by atoms with van der Waals surface area (Å²) in [6, 6.07) is 0.737. The van der Waals surface area contributed by atoms with Crippen molar-refractivity contribution in [2.24, 2.45) is 11.8 Å². The van der Waals surface area contributed by atoms with Crippen LogP contribution < -0.4 is 5.32 Å². The highest BCUT2D eigenvalue weighted by Gasteiger charge is 2.50. The highest BCUT2D eigenvalue weighted by atomic mass is 16.5. The largest absolute Gasteiger partial charge is 0.380 e. The van der Waals surface area contributed by atoms with Gasteiger partial charge in [-0.25, -0.2) is 0 Å². The lowest BCUT2D eigenvalue weighted by Crippen LogP contribution is -2.65. The summed E-state index contributed by atoms with van der Waals surface area (Å²) in [7, 11) is 1.83. The number of rotatable bonds is 5. The van der Waals surface area contributed by atoms with Crippen LogP contribution in [0.1, 0.15) is 39.5 Å². The molecular formula is C15H28N2O. The Morgan fingerprint density at radius 2 is 2.06 bits per heavy atom. The number of ether oxygens (including phenoxy) is 1. The summed E-state index contributed by atoms with van der Waals surface area (Å²) < 4.78 is 5.50. The lowest BCUT2D eigenvalue weighted by Gasteiger charge is -2.49. The minimum Gasteiger partial charge on any atom is -0.380 e. The molecule has 0 aromatic rings. The van der Waals surface area contributed by atoms with E-state index in [0.717, 1.165) is 24.4 Å². The Bertz CT molecular complexity index is 301. The second-order valence-electron chi connectivity index (χ2n) is 6.91. The summed E-state index contributed by atoms with van der Waals surface area (Å²) in [4.78, 5) is 2.73. The van der Waals surface area contributed by atoms with Gasteiger partial charge in [0.15, 0.2) is 0 Å². The van der Waals surface area contributed by atoms with Gasteiger partial charge in [-0.05, 0) is 51.4 Å². The average molecular weight is 252 g/mol. The molecule has 3 fully saturated rings. The van der Waals surface area contributed by atoms with Gasteiger partial charge in [0.25, 0.3) is 0 Å². The molecule has 104 valence electrons. The van der Waals surface area contributed by atoms with E-state index in [9.17, 15) is 0 Å². The highest BCUT2D eigenvalue weighted by molar-refractivity contribution is 5.07. The van der Waals surface area contributed by atoms with E-state index in [1.807, 2.05) is 7.11 Å². The monoisotopic (exact) mass is 252 g/mol. The summed E-state index contributed by atoms with van der Waals surface area (Å²) in [6.45, 7) is 8.15. The quantitative estimate of drug-likeness (QED) is 0.808. The van der Waals surface area contributed by atoms with Gasteiger partial charge in [-0.3, -0.25) is 4.90 Å². The van der Waals surface area contributed by atoms with Gasteiger partial charge in [0.05, 0.1) is 6.10 Å². The maximum absolute atomic E-state index is 5.50. The van der Waals surface area contributed by atoms with Crippen LogP contribution in [0.3, 0.4) is 0 Å². The number of hydrogen-bond donors (Lipinski definition) is 1. The van der Waals surface area contributed by atoms with Crippen molar-refractivity contribution in [1.82, 2.24) is 10.2 Å². The van der Waals surface area contributed by atoms with Crippen LogP contribution in [-0.2, 0) is 4.74 Å². The molecule has 1 heterocycles. The first kappa shape index (κ1) is 12.9. The Hall–Kier alpha value is -0.120. The van der Waals surface area contributed by atoms with E-state index in [0.29, 0.717) is 11.6 Å². The molecule has 3 atom stereocenters. The molecule has 1 aliphatic heterocycles. The van der Waals surface area contributed by atoms with Crippen molar-refractivity contribution in [3.63, 3.8) is 0 Å². The first-order chi connectivity index (χ1) is 8.63. The van der Waals surface area contributed by atoms with Crippen molar-refractivity contribution in [2.75, 3.05) is 26.7 Å². The standard InChI is InChI=1S/C15H28N2O/c1-11(18-3)8-17-9-14(12-4-5-12)16-10-15(17,2)13-6-7-13/h11-14,16H,4-10H2,1-3H3. The molecule has 1 N–H and O–H groups in total. The molecule has 2 saturated carbocycles. The Balaban J connectivity index is 1.68. The Morgan fingerprint density at radius 3 is 2.61 bits per heavy atom. The van der Waals surface area contributed by atoms with Crippen molar-refractivity contribution >= 4 is 0 Å². The predicted molar refractivity (Wildman–Crippen MR) is 73.7 cm³/mol. The highest BCUT2D eigenvalue weighted by Crippen LogP contribution is 2.45. The maximum atomic E-state index is 5.50. The van der Waals surface area contributed by atoms with Crippen LogP contribution in [0, 0.1) is 11.8 Å². The molecule has 3 rings (SSSR count). The second kappa shape index (κ2) is 4.77. The number of nitrogens with one attached hydrogen (secondary N) is 1. The van der Waals surface area contributed by atoms with Crippen LogP contribution >= 0.6 is 0 Å². The van der Waals surface area contributed by atoms with Crippen LogP contribution in [0.2, 0.25) is 0 Å². The summed E-state index contributed by atoms with van der Waals surface area (Å²) in [5.41, 5.74) is 0.373. The van der Waals surface area contributed by atoms with E-state index in [1.165, 1.54) is 38.8 Å². The summed E-state index contributed by atoms with van der Waals surface area (Å²) in [5.74, 6) is 1.86. The molecule has 0 aromatic heterocycles. The smallest absolute Gasteiger partial charge is 0.0670 e. The third-order valence-corrected chi connectivity index (χ3v) is 5.39. The molecule has 0 aromatic carbocycles. The minimum absolute atomic E-state index is 0.348. The van der Waals surface area contributed by atoms with Crippen molar-refractivity contribution in [3.05, 3.63) is 0 Å². The second-order valence-corrected chi connectivity index (χ2v) is 6.91. The molecule has 0 bridgehead atoms. The number of nitrogens with zero attached hydrogens (tertiary/aromatic N) is 1. The third-order valence-electron chi connectivity index (χ3n) is 5.39. The molecule has 3 aliphatic rings. The fourth-order valence-corrected chi connectivity index (χ4v) is 3.55. The van der Waals surface area contributed by atoms with Crippen LogP contribution in [0.4, 0.5) is 0 Å². The van der Waals surface area contributed by atoms with Gasteiger partial charge in [-0.2, -0.15) is 0 Å². The average Bonchev–Trinajstić information content (AvgIpc) is 3.20. The SMILES string of the molecule is COC(C)CN1CC(C2CC2)NCC1(C)C1CC1. The molecule has 0 radical (unpaired) electrons. The summed E-state index contributed by atoms with van der Waals surface area (Å²) in [5, 5.41) is 3.83. The van der Waals surface area contributed by atoms with Gasteiger partial charge in [0.1, 0.15) is 0 Å². The lowest BCUT2D eigenvalue weighted by molar-refractivity contribution is -0.0128. The van der Waals surface area contributed by atoms with Crippen LogP contribution in [0.25, 0.3) is 0 Å². The molecule has 3 nitrogen and oxygen atoms in total. The molecule has 2 aliphatic carbocycles. The van der Waals surface area contributed by atoms with Gasteiger partial charge in [-0.1, -0.05) is 0 Å². The number of hydrogen-bond acceptors (Lipinski definition) is 3. The maximum Gasteiger partial charge on any atom is 0.0670 e. The molecule has 0 amide bonds. The fraction of sp³-hybridized carbons (Fsp3) is 1.00. The molecule has 3 heteroatoms. The van der Waals surface area contributed by atoms with E-state index in [-0.39, 0.29) is 0 Å². The van der Waals surface area contributed by atoms with Crippen LogP contribution in [0.5, 0.6) is 0 Å². The lowest BCUT2D eigenvalue weighted by atomic mass is 9.88. The molecular weight excluding hydrogens is 224 g/mol. The number of piperazine rings is 1. The van der Waals surface area contributed by atoms with Crippen molar-refractivity contribution in [1.29, 1.82) is 0 Å². The third kappa shape index (κ3) is 2.45. The van der Waals surface area contributed by atoms with E-state index < -0.39 is 0 Å². The zero-order chi connectivity index (χ0) is 12.8. The molecule has 18 heavy (non-hydrogen) atoms. The van der Waals surface area contributed by atoms with Gasteiger partial charge in [0.2, 0.25) is 0 Å².